The monoisotopic (exact) mass is 447 g/mol. The topological polar surface area (TPSA) is 61.4 Å². The molecule has 5 nitrogen and oxygen atoms in total. The van der Waals surface area contributed by atoms with Crippen LogP contribution in [0.5, 0.6) is 0 Å². The van der Waals surface area contributed by atoms with Crippen LogP contribution in [0.3, 0.4) is 0 Å². The van der Waals surface area contributed by atoms with Gasteiger partial charge in [-0.25, -0.2) is 0 Å². The Kier molecular flexibility index (Phi) is 6.47. The third-order valence-electron chi connectivity index (χ3n) is 4.17. The summed E-state index contributed by atoms with van der Waals surface area (Å²) in [5.41, 5.74) is 2.59. The third-order valence-corrected chi connectivity index (χ3v) is 5.88. The summed E-state index contributed by atoms with van der Waals surface area (Å²) in [4.78, 5) is 27.7. The highest BCUT2D eigenvalue weighted by molar-refractivity contribution is 7.18. The first kappa shape index (κ1) is 21.2. The molecule has 1 aromatic heterocycles. The molecule has 0 saturated heterocycles. The number of halogens is 2. The quantitative estimate of drug-likeness (QED) is 0.508. The van der Waals surface area contributed by atoms with Crippen LogP contribution in [0, 0.1) is 6.92 Å². The average molecular weight is 448 g/mol. The van der Waals surface area contributed by atoms with Crippen LogP contribution in [0.15, 0.2) is 48.5 Å². The van der Waals surface area contributed by atoms with Gasteiger partial charge < -0.3 is 15.5 Å². The van der Waals surface area contributed by atoms with Crippen molar-refractivity contribution < 1.29 is 9.59 Å². The summed E-state index contributed by atoms with van der Waals surface area (Å²) in [6, 6.07) is 13.9. The summed E-state index contributed by atoms with van der Waals surface area (Å²) in [7, 11) is 3.77. The Morgan fingerprint density at radius 1 is 0.966 bits per heavy atom. The highest BCUT2D eigenvalue weighted by Gasteiger charge is 2.18. The molecule has 3 aromatic rings. The Bertz CT molecular complexity index is 1080. The van der Waals surface area contributed by atoms with Crippen LogP contribution in [0.1, 0.15) is 25.6 Å². The molecule has 0 bridgehead atoms. The fraction of sp³-hybridized carbons (Fsp3) is 0.143. The van der Waals surface area contributed by atoms with Crippen molar-refractivity contribution in [2.45, 2.75) is 6.92 Å². The maximum absolute atomic E-state index is 12.8. The van der Waals surface area contributed by atoms with Crippen LogP contribution in [-0.4, -0.2) is 25.9 Å². The molecule has 0 spiro atoms. The maximum atomic E-state index is 12.8. The molecule has 2 amide bonds. The van der Waals surface area contributed by atoms with Crippen molar-refractivity contribution >= 4 is 62.7 Å². The maximum Gasteiger partial charge on any atom is 0.266 e. The number of hydrogen-bond donors (Lipinski definition) is 2. The van der Waals surface area contributed by atoms with Crippen molar-refractivity contribution in [3.8, 4) is 0 Å². The number of thiophene rings is 1. The Morgan fingerprint density at radius 3 is 2.38 bits per heavy atom. The van der Waals surface area contributed by atoms with E-state index in [4.69, 9.17) is 23.2 Å². The van der Waals surface area contributed by atoms with Gasteiger partial charge in [-0.3, -0.25) is 9.59 Å². The van der Waals surface area contributed by atoms with Gasteiger partial charge in [0.1, 0.15) is 0 Å². The van der Waals surface area contributed by atoms with Gasteiger partial charge in [-0.05, 0) is 48.9 Å². The molecule has 2 N–H and O–H groups in total. The summed E-state index contributed by atoms with van der Waals surface area (Å²) in [5, 5.41) is 7.18. The minimum atomic E-state index is -0.325. The van der Waals surface area contributed by atoms with Gasteiger partial charge in [0, 0.05) is 19.1 Å². The van der Waals surface area contributed by atoms with Gasteiger partial charge in [0.05, 0.1) is 31.8 Å². The summed E-state index contributed by atoms with van der Waals surface area (Å²) in [5.74, 6) is -0.593. The second kappa shape index (κ2) is 8.86. The predicted octanol–water partition coefficient (Wildman–Crippen LogP) is 5.93. The first-order chi connectivity index (χ1) is 13.8. The van der Waals surface area contributed by atoms with Crippen LogP contribution in [0.4, 0.5) is 16.4 Å². The van der Waals surface area contributed by atoms with Gasteiger partial charge in [-0.15, -0.1) is 11.3 Å². The van der Waals surface area contributed by atoms with Gasteiger partial charge in [0.2, 0.25) is 0 Å². The molecular weight excluding hydrogens is 429 g/mol. The molecule has 29 heavy (non-hydrogen) atoms. The molecule has 0 radical (unpaired) electrons. The molecule has 0 aliphatic carbocycles. The van der Waals surface area contributed by atoms with Gasteiger partial charge in [-0.2, -0.15) is 0 Å². The van der Waals surface area contributed by atoms with Crippen LogP contribution in [0.2, 0.25) is 10.0 Å². The Balaban J connectivity index is 1.80. The summed E-state index contributed by atoms with van der Waals surface area (Å²) in [6.07, 6.45) is 0. The molecular formula is C21H19Cl2N3O2S. The molecule has 0 aliphatic heterocycles. The molecule has 2 aromatic carbocycles. The van der Waals surface area contributed by atoms with Crippen molar-refractivity contribution in [3.05, 3.63) is 74.6 Å². The van der Waals surface area contributed by atoms with E-state index in [1.807, 2.05) is 32.0 Å². The molecule has 1 heterocycles. The number of amides is 2. The molecule has 8 heteroatoms. The SMILES string of the molecule is Cc1cc(NC(=O)c2ccccc2Cl)sc1C(=O)Nc1cc(Cl)ccc1N(C)C. The summed E-state index contributed by atoms with van der Waals surface area (Å²) in [6.45, 7) is 1.82. The minimum Gasteiger partial charge on any atom is -0.376 e. The predicted molar refractivity (Wildman–Crippen MR) is 122 cm³/mol. The zero-order valence-corrected chi connectivity index (χ0v) is 18.4. The Morgan fingerprint density at radius 2 is 1.69 bits per heavy atom. The first-order valence-electron chi connectivity index (χ1n) is 8.71. The second-order valence-electron chi connectivity index (χ2n) is 6.57. The van der Waals surface area contributed by atoms with Gasteiger partial charge in [0.25, 0.3) is 11.8 Å². The lowest BCUT2D eigenvalue weighted by molar-refractivity contribution is 0.102. The lowest BCUT2D eigenvalue weighted by atomic mass is 10.2. The number of rotatable bonds is 5. The Hall–Kier alpha value is -2.54. The largest absolute Gasteiger partial charge is 0.376 e. The van der Waals surface area contributed by atoms with E-state index in [1.54, 1.807) is 42.5 Å². The van der Waals surface area contributed by atoms with E-state index in [2.05, 4.69) is 10.6 Å². The highest BCUT2D eigenvalue weighted by Crippen LogP contribution is 2.31. The van der Waals surface area contributed by atoms with E-state index in [0.29, 0.717) is 31.2 Å². The van der Waals surface area contributed by atoms with Crippen molar-refractivity contribution in [2.24, 2.45) is 0 Å². The van der Waals surface area contributed by atoms with E-state index in [9.17, 15) is 9.59 Å². The lowest BCUT2D eigenvalue weighted by Gasteiger charge is -2.18. The molecule has 0 saturated carbocycles. The van der Waals surface area contributed by atoms with E-state index >= 15 is 0 Å². The number of carbonyl (C=O) groups is 2. The van der Waals surface area contributed by atoms with Crippen molar-refractivity contribution in [1.82, 2.24) is 0 Å². The number of anilines is 3. The number of nitrogens with zero attached hydrogens (tertiary/aromatic N) is 1. The number of aryl methyl sites for hydroxylation is 1. The van der Waals surface area contributed by atoms with Gasteiger partial charge in [0.15, 0.2) is 0 Å². The molecule has 0 fully saturated rings. The summed E-state index contributed by atoms with van der Waals surface area (Å²) < 4.78 is 0. The number of carbonyl (C=O) groups excluding carboxylic acids is 2. The van der Waals surface area contributed by atoms with Crippen LogP contribution in [0.25, 0.3) is 0 Å². The standard InChI is InChI=1S/C21H19Cl2N3O2S/c1-12-10-18(25-20(27)14-6-4-5-7-15(14)23)29-19(12)21(28)24-16-11-13(22)8-9-17(16)26(2)3/h4-11H,1-3H3,(H,24,28)(H,25,27). The Labute approximate surface area is 183 Å². The van der Waals surface area contributed by atoms with E-state index in [-0.39, 0.29) is 11.8 Å². The van der Waals surface area contributed by atoms with Gasteiger partial charge in [-0.1, -0.05) is 35.3 Å². The van der Waals surface area contributed by atoms with Crippen LogP contribution in [-0.2, 0) is 0 Å². The average Bonchev–Trinajstić information content (AvgIpc) is 3.02. The molecule has 0 unspecified atom stereocenters. The summed E-state index contributed by atoms with van der Waals surface area (Å²) >= 11 is 13.4. The van der Waals surface area contributed by atoms with Crippen LogP contribution >= 0.6 is 34.5 Å². The zero-order chi connectivity index (χ0) is 21.1. The second-order valence-corrected chi connectivity index (χ2v) is 8.46. The van der Waals surface area contributed by atoms with E-state index in [0.717, 1.165) is 11.3 Å². The smallest absolute Gasteiger partial charge is 0.266 e. The normalized spacial score (nSPS) is 10.5. The van der Waals surface area contributed by atoms with E-state index in [1.165, 1.54) is 11.3 Å². The first-order valence-corrected chi connectivity index (χ1v) is 10.3. The third kappa shape index (κ3) is 4.90. The highest BCUT2D eigenvalue weighted by atomic mass is 35.5. The van der Waals surface area contributed by atoms with Gasteiger partial charge >= 0.3 is 0 Å². The number of nitrogens with one attached hydrogen (secondary N) is 2. The molecule has 0 atom stereocenters. The fourth-order valence-corrected chi connectivity index (χ4v) is 4.13. The van der Waals surface area contributed by atoms with Crippen molar-refractivity contribution in [3.63, 3.8) is 0 Å². The fourth-order valence-electron chi connectivity index (χ4n) is 2.77. The number of benzene rings is 2. The zero-order valence-electron chi connectivity index (χ0n) is 16.0. The van der Waals surface area contributed by atoms with Crippen molar-refractivity contribution in [1.29, 1.82) is 0 Å². The molecule has 0 aliphatic rings. The van der Waals surface area contributed by atoms with E-state index < -0.39 is 0 Å². The molecule has 150 valence electrons. The van der Waals surface area contributed by atoms with Crippen LogP contribution < -0.4 is 15.5 Å². The van der Waals surface area contributed by atoms with Crippen molar-refractivity contribution in [2.75, 3.05) is 29.6 Å². The molecule has 3 rings (SSSR count). The minimum absolute atomic E-state index is 0.267. The number of hydrogen-bond acceptors (Lipinski definition) is 4. The lowest BCUT2D eigenvalue weighted by Crippen LogP contribution is -2.16.